The highest BCUT2D eigenvalue weighted by Gasteiger charge is 2.07. The van der Waals surface area contributed by atoms with E-state index in [-0.39, 0.29) is 0 Å². The van der Waals surface area contributed by atoms with Gasteiger partial charge in [0.1, 0.15) is 4.60 Å². The third kappa shape index (κ3) is 1.85. The van der Waals surface area contributed by atoms with Crippen molar-refractivity contribution in [1.82, 2.24) is 9.78 Å². The predicted octanol–water partition coefficient (Wildman–Crippen LogP) is 2.76. The van der Waals surface area contributed by atoms with Crippen LogP contribution in [-0.2, 0) is 0 Å². The normalized spacial score (nSPS) is 10.3. The van der Waals surface area contributed by atoms with Gasteiger partial charge in [0.05, 0.1) is 17.4 Å². The molecule has 0 aliphatic carbocycles. The first-order valence-electron chi connectivity index (χ1n) is 4.48. The number of rotatable bonds is 2. The Morgan fingerprint density at radius 1 is 1.33 bits per heavy atom. The van der Waals surface area contributed by atoms with E-state index in [0.717, 1.165) is 12.0 Å². The molecule has 0 spiro atoms. The predicted molar refractivity (Wildman–Crippen MR) is 61.4 cm³/mol. The highest BCUT2D eigenvalue weighted by atomic mass is 79.9. The van der Waals surface area contributed by atoms with E-state index in [1.165, 1.54) is 11.8 Å². The van der Waals surface area contributed by atoms with Gasteiger partial charge in [0, 0.05) is 0 Å². The maximum Gasteiger partial charge on any atom is 0.154 e. The highest BCUT2D eigenvalue weighted by Crippen LogP contribution is 2.19. The van der Waals surface area contributed by atoms with Crippen LogP contribution in [0.25, 0.3) is 5.69 Å². The molecular formula is C11H9BrN2O. The Hall–Kier alpha value is -1.42. The molecule has 0 N–H and O–H groups in total. The first-order chi connectivity index (χ1) is 7.22. The molecule has 2 aromatic rings. The lowest BCUT2D eigenvalue weighted by molar-refractivity contribution is 0.112. The number of nitrogens with zero attached hydrogens (tertiary/aromatic N) is 2. The monoisotopic (exact) mass is 264 g/mol. The molecule has 0 amide bonds. The summed E-state index contributed by atoms with van der Waals surface area (Å²) in [7, 11) is 0. The van der Waals surface area contributed by atoms with Crippen molar-refractivity contribution in [2.24, 2.45) is 0 Å². The molecule has 0 unspecified atom stereocenters. The number of aldehydes is 1. The largest absolute Gasteiger partial charge is 0.298 e. The molecule has 0 saturated heterocycles. The van der Waals surface area contributed by atoms with Crippen LogP contribution in [0.4, 0.5) is 0 Å². The van der Waals surface area contributed by atoms with Crippen LogP contribution in [0.5, 0.6) is 0 Å². The van der Waals surface area contributed by atoms with Gasteiger partial charge in [0.2, 0.25) is 0 Å². The zero-order valence-electron chi connectivity index (χ0n) is 8.14. The van der Waals surface area contributed by atoms with E-state index >= 15 is 0 Å². The third-order valence-corrected chi connectivity index (χ3v) is 2.94. The van der Waals surface area contributed by atoms with Crippen molar-refractivity contribution in [2.75, 3.05) is 0 Å². The number of benzene rings is 1. The second kappa shape index (κ2) is 3.98. The average molecular weight is 265 g/mol. The second-order valence-corrected chi connectivity index (χ2v) is 4.01. The molecular weight excluding hydrogens is 256 g/mol. The fourth-order valence-corrected chi connectivity index (χ4v) is 1.78. The molecule has 0 saturated carbocycles. The zero-order chi connectivity index (χ0) is 10.8. The molecule has 1 heterocycles. The first-order valence-corrected chi connectivity index (χ1v) is 5.27. The lowest BCUT2D eigenvalue weighted by Gasteiger charge is -2.03. The quantitative estimate of drug-likeness (QED) is 0.782. The number of aryl methyl sites for hydroxylation is 1. The van der Waals surface area contributed by atoms with Gasteiger partial charge >= 0.3 is 0 Å². The van der Waals surface area contributed by atoms with Crippen molar-refractivity contribution >= 4 is 22.2 Å². The molecule has 15 heavy (non-hydrogen) atoms. The Morgan fingerprint density at radius 3 is 2.53 bits per heavy atom. The molecule has 0 radical (unpaired) electrons. The van der Waals surface area contributed by atoms with Gasteiger partial charge < -0.3 is 0 Å². The summed E-state index contributed by atoms with van der Waals surface area (Å²) >= 11 is 3.34. The van der Waals surface area contributed by atoms with Gasteiger partial charge in [-0.15, -0.1) is 0 Å². The summed E-state index contributed by atoms with van der Waals surface area (Å²) in [6, 6.07) is 7.93. The number of hydrogen-bond donors (Lipinski definition) is 0. The molecule has 0 bridgehead atoms. The van der Waals surface area contributed by atoms with E-state index in [0.29, 0.717) is 10.2 Å². The van der Waals surface area contributed by atoms with E-state index in [2.05, 4.69) is 21.0 Å². The van der Waals surface area contributed by atoms with Crippen molar-refractivity contribution in [3.8, 4) is 5.69 Å². The fraction of sp³-hybridized carbons (Fsp3) is 0.0909. The van der Waals surface area contributed by atoms with Gasteiger partial charge in [0.15, 0.2) is 6.29 Å². The smallest absolute Gasteiger partial charge is 0.154 e. The number of aromatic nitrogens is 2. The third-order valence-electron chi connectivity index (χ3n) is 2.14. The molecule has 76 valence electrons. The van der Waals surface area contributed by atoms with E-state index < -0.39 is 0 Å². The number of carbonyl (C=O) groups is 1. The first kappa shape index (κ1) is 10.1. The van der Waals surface area contributed by atoms with Gasteiger partial charge in [-0.3, -0.25) is 4.79 Å². The van der Waals surface area contributed by atoms with E-state index in [1.54, 1.807) is 4.68 Å². The van der Waals surface area contributed by atoms with Crippen LogP contribution in [0.2, 0.25) is 0 Å². The minimum atomic E-state index is 0.551. The Kier molecular flexibility index (Phi) is 2.68. The molecule has 4 heteroatoms. The average Bonchev–Trinajstić information content (AvgIpc) is 2.61. The summed E-state index contributed by atoms with van der Waals surface area (Å²) in [6.45, 7) is 2.03. The zero-order valence-corrected chi connectivity index (χ0v) is 9.73. The van der Waals surface area contributed by atoms with Crippen molar-refractivity contribution in [3.05, 3.63) is 46.2 Å². The van der Waals surface area contributed by atoms with Crippen molar-refractivity contribution in [3.63, 3.8) is 0 Å². The Bertz CT molecular complexity index is 488. The summed E-state index contributed by atoms with van der Waals surface area (Å²) in [5.41, 5.74) is 2.67. The maximum absolute atomic E-state index is 10.6. The standard InChI is InChI=1S/C11H9BrN2O/c1-8-2-4-10(5-3-8)14-11(12)9(7-15)6-13-14/h2-7H,1H3. The van der Waals surface area contributed by atoms with Gasteiger partial charge in [-0.1, -0.05) is 17.7 Å². The van der Waals surface area contributed by atoms with Crippen LogP contribution >= 0.6 is 15.9 Å². The van der Waals surface area contributed by atoms with Crippen LogP contribution < -0.4 is 0 Å². The summed E-state index contributed by atoms with van der Waals surface area (Å²) < 4.78 is 2.37. The van der Waals surface area contributed by atoms with Crippen molar-refractivity contribution < 1.29 is 4.79 Å². The van der Waals surface area contributed by atoms with Crippen LogP contribution in [-0.4, -0.2) is 16.1 Å². The molecule has 1 aromatic heterocycles. The van der Waals surface area contributed by atoms with E-state index in [1.807, 2.05) is 31.2 Å². The van der Waals surface area contributed by atoms with Crippen molar-refractivity contribution in [1.29, 1.82) is 0 Å². The molecule has 2 rings (SSSR count). The van der Waals surface area contributed by atoms with Crippen LogP contribution in [0.1, 0.15) is 15.9 Å². The van der Waals surface area contributed by atoms with Gasteiger partial charge in [0.25, 0.3) is 0 Å². The van der Waals surface area contributed by atoms with Crippen LogP contribution in [0.15, 0.2) is 35.1 Å². The number of carbonyl (C=O) groups excluding carboxylic acids is 1. The summed E-state index contributed by atoms with van der Waals surface area (Å²) in [4.78, 5) is 10.6. The van der Waals surface area contributed by atoms with Gasteiger partial charge in [-0.25, -0.2) is 4.68 Å². The second-order valence-electron chi connectivity index (χ2n) is 3.26. The Morgan fingerprint density at radius 2 is 2.00 bits per heavy atom. The van der Waals surface area contributed by atoms with Crippen LogP contribution in [0.3, 0.4) is 0 Å². The topological polar surface area (TPSA) is 34.9 Å². The lowest BCUT2D eigenvalue weighted by Crippen LogP contribution is -1.96. The van der Waals surface area contributed by atoms with Gasteiger partial charge in [-0.05, 0) is 35.0 Å². The molecule has 0 aliphatic heterocycles. The highest BCUT2D eigenvalue weighted by molar-refractivity contribution is 9.10. The molecule has 0 atom stereocenters. The SMILES string of the molecule is Cc1ccc(-n2ncc(C=O)c2Br)cc1. The number of halogens is 1. The molecule has 3 nitrogen and oxygen atoms in total. The Labute approximate surface area is 95.9 Å². The fourth-order valence-electron chi connectivity index (χ4n) is 1.29. The van der Waals surface area contributed by atoms with Crippen LogP contribution in [0, 0.1) is 6.92 Å². The summed E-state index contributed by atoms with van der Waals surface area (Å²) in [6.07, 6.45) is 2.32. The van der Waals surface area contributed by atoms with E-state index in [4.69, 9.17) is 0 Å². The maximum atomic E-state index is 10.6. The Balaban J connectivity index is 2.49. The molecule has 0 aliphatic rings. The minimum Gasteiger partial charge on any atom is -0.298 e. The lowest BCUT2D eigenvalue weighted by atomic mass is 10.2. The van der Waals surface area contributed by atoms with Gasteiger partial charge in [-0.2, -0.15) is 5.10 Å². The minimum absolute atomic E-state index is 0.551. The van der Waals surface area contributed by atoms with Crippen molar-refractivity contribution in [2.45, 2.75) is 6.92 Å². The summed E-state index contributed by atoms with van der Waals surface area (Å²) in [5.74, 6) is 0. The number of hydrogen-bond acceptors (Lipinski definition) is 2. The summed E-state index contributed by atoms with van der Waals surface area (Å²) in [5, 5.41) is 4.13. The molecule has 0 fully saturated rings. The van der Waals surface area contributed by atoms with E-state index in [9.17, 15) is 4.79 Å². The molecule has 1 aromatic carbocycles.